The van der Waals surface area contributed by atoms with E-state index in [0.29, 0.717) is 19.4 Å². The van der Waals surface area contributed by atoms with Crippen molar-refractivity contribution >= 4 is 11.9 Å². The molecule has 0 saturated heterocycles. The van der Waals surface area contributed by atoms with Crippen LogP contribution in [0.15, 0.2) is 48.6 Å². The fraction of sp³-hybridized carbons (Fsp3) is 0.868. The van der Waals surface area contributed by atoms with Gasteiger partial charge in [0.25, 0.3) is 0 Å². The van der Waals surface area contributed by atoms with Crippen molar-refractivity contribution in [2.75, 3.05) is 13.2 Å². The van der Waals surface area contributed by atoms with Crippen LogP contribution in [0.5, 0.6) is 0 Å². The number of aliphatic hydroxyl groups excluding tert-OH is 2. The zero-order valence-corrected chi connectivity index (χ0v) is 55.2. The monoisotopic (exact) mass is 1150 g/mol. The lowest BCUT2D eigenvalue weighted by molar-refractivity contribution is -0.143. The van der Waals surface area contributed by atoms with Crippen LogP contribution in [0.1, 0.15) is 399 Å². The first kappa shape index (κ1) is 79.8. The highest BCUT2D eigenvalue weighted by atomic mass is 16.5. The predicted molar refractivity (Wildman–Crippen MR) is 361 cm³/mol. The lowest BCUT2D eigenvalue weighted by Gasteiger charge is -2.20. The Morgan fingerprint density at radius 2 is 0.610 bits per heavy atom. The number of nitrogens with one attached hydrogen (secondary N) is 1. The van der Waals surface area contributed by atoms with Gasteiger partial charge in [0.2, 0.25) is 5.91 Å². The summed E-state index contributed by atoms with van der Waals surface area (Å²) < 4.78 is 5.49. The van der Waals surface area contributed by atoms with Gasteiger partial charge >= 0.3 is 5.97 Å². The van der Waals surface area contributed by atoms with Crippen molar-refractivity contribution in [3.63, 3.8) is 0 Å². The minimum atomic E-state index is -0.844. The average molecular weight is 1150 g/mol. The van der Waals surface area contributed by atoms with E-state index in [9.17, 15) is 19.8 Å². The van der Waals surface area contributed by atoms with Gasteiger partial charge in [-0.05, 0) is 89.9 Å². The summed E-state index contributed by atoms with van der Waals surface area (Å²) in [6.07, 6.45) is 93.5. The van der Waals surface area contributed by atoms with E-state index in [1.807, 2.05) is 6.08 Å². The molecule has 2 atom stereocenters. The molecule has 0 aromatic rings. The van der Waals surface area contributed by atoms with E-state index in [-0.39, 0.29) is 18.5 Å². The van der Waals surface area contributed by atoms with Crippen molar-refractivity contribution in [2.45, 2.75) is 411 Å². The number of aliphatic hydroxyl groups is 2. The summed E-state index contributed by atoms with van der Waals surface area (Å²) >= 11 is 0. The van der Waals surface area contributed by atoms with Gasteiger partial charge < -0.3 is 20.3 Å². The summed E-state index contributed by atoms with van der Waals surface area (Å²) in [5, 5.41) is 23.2. The zero-order valence-electron chi connectivity index (χ0n) is 55.2. The van der Waals surface area contributed by atoms with Gasteiger partial charge in [-0.3, -0.25) is 9.59 Å². The fourth-order valence-corrected chi connectivity index (χ4v) is 11.4. The highest BCUT2D eigenvalue weighted by Gasteiger charge is 2.18. The summed E-state index contributed by atoms with van der Waals surface area (Å²) in [5.41, 5.74) is 0. The molecule has 2 unspecified atom stereocenters. The smallest absolute Gasteiger partial charge is 0.305 e. The van der Waals surface area contributed by atoms with E-state index in [0.717, 1.165) is 51.4 Å². The molecule has 1 amide bonds. The van der Waals surface area contributed by atoms with E-state index in [4.69, 9.17) is 4.74 Å². The zero-order chi connectivity index (χ0) is 59.2. The molecule has 0 aromatic heterocycles. The van der Waals surface area contributed by atoms with Crippen LogP contribution in [0.2, 0.25) is 0 Å². The van der Waals surface area contributed by atoms with Crippen LogP contribution in [0.4, 0.5) is 0 Å². The summed E-state index contributed by atoms with van der Waals surface area (Å²) in [4.78, 5) is 24.6. The lowest BCUT2D eigenvalue weighted by atomic mass is 10.0. The maximum absolute atomic E-state index is 12.5. The van der Waals surface area contributed by atoms with Crippen molar-refractivity contribution < 1.29 is 24.5 Å². The second-order valence-corrected chi connectivity index (χ2v) is 25.3. The number of hydrogen-bond donors (Lipinski definition) is 3. The molecule has 82 heavy (non-hydrogen) atoms. The molecule has 0 aliphatic heterocycles. The molecule has 0 aliphatic carbocycles. The number of rotatable bonds is 69. The van der Waals surface area contributed by atoms with E-state index < -0.39 is 12.1 Å². The Morgan fingerprint density at radius 3 is 0.939 bits per heavy atom. The molecular formula is C76H143NO5. The Bertz CT molecular complexity index is 1370. The molecular weight excluding hydrogens is 1010 g/mol. The van der Waals surface area contributed by atoms with Gasteiger partial charge in [0.05, 0.1) is 25.4 Å². The molecule has 6 nitrogen and oxygen atoms in total. The number of amides is 1. The fourth-order valence-electron chi connectivity index (χ4n) is 11.4. The molecule has 0 bridgehead atoms. The minimum Gasteiger partial charge on any atom is -0.466 e. The van der Waals surface area contributed by atoms with Gasteiger partial charge in [-0.2, -0.15) is 0 Å². The van der Waals surface area contributed by atoms with Crippen molar-refractivity contribution in [1.82, 2.24) is 5.32 Å². The van der Waals surface area contributed by atoms with Gasteiger partial charge in [0.1, 0.15) is 0 Å². The van der Waals surface area contributed by atoms with E-state index >= 15 is 0 Å². The largest absolute Gasteiger partial charge is 0.466 e. The Labute approximate surface area is 512 Å². The van der Waals surface area contributed by atoms with Crippen LogP contribution in [-0.4, -0.2) is 47.4 Å². The van der Waals surface area contributed by atoms with Gasteiger partial charge in [-0.1, -0.05) is 345 Å². The summed E-state index contributed by atoms with van der Waals surface area (Å²) in [7, 11) is 0. The van der Waals surface area contributed by atoms with E-state index in [2.05, 4.69) is 55.6 Å². The number of unbranched alkanes of at least 4 members (excludes halogenated alkanes) is 52. The molecule has 0 rings (SSSR count). The molecule has 0 aliphatic rings. The van der Waals surface area contributed by atoms with Gasteiger partial charge in [-0.15, -0.1) is 0 Å². The van der Waals surface area contributed by atoms with Crippen LogP contribution in [0, 0.1) is 0 Å². The topological polar surface area (TPSA) is 95.9 Å². The normalized spacial score (nSPS) is 12.8. The molecule has 3 N–H and O–H groups in total. The van der Waals surface area contributed by atoms with E-state index in [1.165, 1.54) is 321 Å². The van der Waals surface area contributed by atoms with Gasteiger partial charge in [0, 0.05) is 12.8 Å². The van der Waals surface area contributed by atoms with Gasteiger partial charge in [0.15, 0.2) is 0 Å². The molecule has 0 spiro atoms. The van der Waals surface area contributed by atoms with Crippen LogP contribution in [-0.2, 0) is 14.3 Å². The van der Waals surface area contributed by atoms with Crippen molar-refractivity contribution in [1.29, 1.82) is 0 Å². The number of allylic oxidation sites excluding steroid dienone is 7. The highest BCUT2D eigenvalue weighted by Crippen LogP contribution is 2.18. The van der Waals surface area contributed by atoms with Crippen LogP contribution in [0.3, 0.4) is 0 Å². The summed E-state index contributed by atoms with van der Waals surface area (Å²) in [5.74, 6) is -0.0573. The summed E-state index contributed by atoms with van der Waals surface area (Å²) in [6.45, 7) is 4.92. The van der Waals surface area contributed by atoms with Crippen LogP contribution < -0.4 is 5.32 Å². The quantitative estimate of drug-likeness (QED) is 0.0320. The number of carbonyl (C=O) groups is 2. The summed E-state index contributed by atoms with van der Waals surface area (Å²) in [6, 6.07) is -0.627. The molecule has 0 saturated carbocycles. The van der Waals surface area contributed by atoms with Gasteiger partial charge in [-0.25, -0.2) is 0 Å². The maximum Gasteiger partial charge on any atom is 0.305 e. The molecule has 482 valence electrons. The Kier molecular flexibility index (Phi) is 69.4. The van der Waals surface area contributed by atoms with Crippen molar-refractivity contribution in [3.05, 3.63) is 48.6 Å². The first-order valence-corrected chi connectivity index (χ1v) is 36.9. The van der Waals surface area contributed by atoms with Crippen LogP contribution >= 0.6 is 0 Å². The third kappa shape index (κ3) is 67.0. The van der Waals surface area contributed by atoms with Crippen LogP contribution in [0.25, 0.3) is 0 Å². The number of ether oxygens (including phenoxy) is 1. The number of carbonyl (C=O) groups excluding carboxylic acids is 2. The lowest BCUT2D eigenvalue weighted by Crippen LogP contribution is -2.45. The average Bonchev–Trinajstić information content (AvgIpc) is 3.48. The Hall–Kier alpha value is -2.18. The van der Waals surface area contributed by atoms with Crippen molar-refractivity contribution in [3.8, 4) is 0 Å². The SMILES string of the molecule is CCCCCCCC/C=C\CCCCCCCC(=O)OCCCCCCCCCCC/C=C\C/C=C\CCCCCCCCCCCCCCCCCCCC(=O)NC(CO)C(O)/C=C/CCCCCCCCCCCCCCCCC. The molecule has 0 aromatic carbocycles. The standard InChI is InChI=1S/C76H143NO5/c1-3-5-7-9-11-13-15-17-19-37-41-44-48-52-56-60-64-68-74(79)73(72-78)77-75(80)69-65-61-57-53-49-45-42-38-35-33-31-29-27-25-23-21-20-22-24-26-28-30-32-34-36-39-43-47-51-55-59-63-67-71-82-76(81)70-66-62-58-54-50-46-40-18-16-14-12-10-8-6-4-2/h18,24,26,30,32,40,64,68,73-74,78-79H,3-17,19-23,25,27-29,31,33-39,41-63,65-67,69-72H2,1-2H3,(H,77,80)/b26-24-,32-30-,40-18-,68-64+. The maximum atomic E-state index is 12.5. The molecule has 0 heterocycles. The Morgan fingerprint density at radius 1 is 0.341 bits per heavy atom. The number of esters is 1. The molecule has 0 radical (unpaired) electrons. The molecule has 6 heteroatoms. The second-order valence-electron chi connectivity index (χ2n) is 25.3. The third-order valence-electron chi connectivity index (χ3n) is 17.1. The third-order valence-corrected chi connectivity index (χ3v) is 17.1. The van der Waals surface area contributed by atoms with Crippen molar-refractivity contribution in [2.24, 2.45) is 0 Å². The molecule has 0 fully saturated rings. The van der Waals surface area contributed by atoms with E-state index in [1.54, 1.807) is 6.08 Å². The number of hydrogen-bond acceptors (Lipinski definition) is 5. The Balaban J connectivity index is 3.40. The first-order valence-electron chi connectivity index (χ1n) is 36.9. The second kappa shape index (κ2) is 71.3. The first-order chi connectivity index (χ1) is 40.5. The predicted octanol–water partition coefficient (Wildman–Crippen LogP) is 24.0. The minimum absolute atomic E-state index is 0.00620. The highest BCUT2D eigenvalue weighted by molar-refractivity contribution is 5.76.